The first-order valence-electron chi connectivity index (χ1n) is 4.79. The van der Waals surface area contributed by atoms with Crippen LogP contribution in [0.2, 0.25) is 0 Å². The zero-order valence-corrected chi connectivity index (χ0v) is 8.11. The standard InChI is InChI=1S/C10H18F2/c1-7(2)10(12)5-4-8(3)6-9(10)11/h7-9H,4-6H2,1-3H3. The third-order valence-electron chi connectivity index (χ3n) is 3.11. The Bertz CT molecular complexity index is 156. The van der Waals surface area contributed by atoms with Crippen molar-refractivity contribution >= 4 is 0 Å². The highest BCUT2D eigenvalue weighted by Crippen LogP contribution is 2.41. The monoisotopic (exact) mass is 176 g/mol. The van der Waals surface area contributed by atoms with Gasteiger partial charge in [0.05, 0.1) is 0 Å². The lowest BCUT2D eigenvalue weighted by molar-refractivity contribution is -0.0383. The first kappa shape index (κ1) is 9.94. The first-order chi connectivity index (χ1) is 5.47. The molecule has 3 unspecified atom stereocenters. The summed E-state index contributed by atoms with van der Waals surface area (Å²) < 4.78 is 27.2. The van der Waals surface area contributed by atoms with Crippen molar-refractivity contribution < 1.29 is 8.78 Å². The Morgan fingerprint density at radius 3 is 2.42 bits per heavy atom. The van der Waals surface area contributed by atoms with E-state index in [0.717, 1.165) is 6.42 Å². The van der Waals surface area contributed by atoms with Crippen molar-refractivity contribution in [2.45, 2.75) is 51.9 Å². The van der Waals surface area contributed by atoms with Crippen LogP contribution in [0.25, 0.3) is 0 Å². The molecule has 12 heavy (non-hydrogen) atoms. The van der Waals surface area contributed by atoms with E-state index in [1.54, 1.807) is 13.8 Å². The molecule has 1 saturated carbocycles. The summed E-state index contributed by atoms with van der Waals surface area (Å²) in [5.41, 5.74) is -1.55. The fraction of sp³-hybridized carbons (Fsp3) is 1.00. The Hall–Kier alpha value is -0.140. The zero-order valence-electron chi connectivity index (χ0n) is 8.11. The number of hydrogen-bond donors (Lipinski definition) is 0. The maximum absolute atomic E-state index is 13.9. The number of halogens is 2. The maximum atomic E-state index is 13.9. The maximum Gasteiger partial charge on any atom is 0.144 e. The molecule has 0 amide bonds. The van der Waals surface area contributed by atoms with Crippen LogP contribution in [0.3, 0.4) is 0 Å². The molecule has 0 aromatic carbocycles. The van der Waals surface area contributed by atoms with Crippen LogP contribution < -0.4 is 0 Å². The van der Waals surface area contributed by atoms with Gasteiger partial charge in [0.1, 0.15) is 11.8 Å². The molecule has 0 radical (unpaired) electrons. The summed E-state index contributed by atoms with van der Waals surface area (Å²) in [6.07, 6.45) is 0.373. The first-order valence-corrected chi connectivity index (χ1v) is 4.79. The van der Waals surface area contributed by atoms with E-state index in [0.29, 0.717) is 18.8 Å². The highest BCUT2D eigenvalue weighted by molar-refractivity contribution is 4.94. The molecule has 1 rings (SSSR count). The van der Waals surface area contributed by atoms with E-state index in [9.17, 15) is 8.78 Å². The van der Waals surface area contributed by atoms with Crippen LogP contribution in [0.15, 0.2) is 0 Å². The second-order valence-electron chi connectivity index (χ2n) is 4.43. The summed E-state index contributed by atoms with van der Waals surface area (Å²) in [6, 6.07) is 0. The molecular formula is C10H18F2. The van der Waals surface area contributed by atoms with Gasteiger partial charge in [0, 0.05) is 0 Å². The molecule has 1 aliphatic carbocycles. The average molecular weight is 176 g/mol. The van der Waals surface area contributed by atoms with Crippen LogP contribution in [0, 0.1) is 11.8 Å². The molecule has 3 atom stereocenters. The summed E-state index contributed by atoms with van der Waals surface area (Å²) in [4.78, 5) is 0. The number of rotatable bonds is 1. The lowest BCUT2D eigenvalue weighted by Gasteiger charge is -2.38. The summed E-state index contributed by atoms with van der Waals surface area (Å²) in [5, 5.41) is 0. The van der Waals surface area contributed by atoms with E-state index in [1.165, 1.54) is 0 Å². The van der Waals surface area contributed by atoms with Gasteiger partial charge in [0.2, 0.25) is 0 Å². The highest BCUT2D eigenvalue weighted by Gasteiger charge is 2.45. The Labute approximate surface area is 73.3 Å². The topological polar surface area (TPSA) is 0 Å². The molecule has 2 heteroatoms. The van der Waals surface area contributed by atoms with Gasteiger partial charge in [0.25, 0.3) is 0 Å². The van der Waals surface area contributed by atoms with Gasteiger partial charge < -0.3 is 0 Å². The van der Waals surface area contributed by atoms with Gasteiger partial charge in [-0.05, 0) is 31.1 Å². The van der Waals surface area contributed by atoms with Crippen LogP contribution in [-0.2, 0) is 0 Å². The van der Waals surface area contributed by atoms with Crippen molar-refractivity contribution in [2.75, 3.05) is 0 Å². The SMILES string of the molecule is CC1CCC(F)(C(C)C)C(F)C1. The molecule has 0 aromatic heterocycles. The lowest BCUT2D eigenvalue weighted by Crippen LogP contribution is -2.44. The normalized spacial score (nSPS) is 43.5. The van der Waals surface area contributed by atoms with Crippen molar-refractivity contribution in [2.24, 2.45) is 11.8 Å². The van der Waals surface area contributed by atoms with E-state index in [1.807, 2.05) is 6.92 Å². The molecule has 1 aliphatic rings. The Morgan fingerprint density at radius 2 is 2.00 bits per heavy atom. The molecule has 0 N–H and O–H groups in total. The fourth-order valence-corrected chi connectivity index (χ4v) is 1.94. The largest absolute Gasteiger partial charge is 0.244 e. The van der Waals surface area contributed by atoms with Crippen LogP contribution in [0.5, 0.6) is 0 Å². The highest BCUT2D eigenvalue weighted by atomic mass is 19.2. The predicted octanol–water partition coefficient (Wildman–Crippen LogP) is 3.51. The van der Waals surface area contributed by atoms with Gasteiger partial charge in [-0.25, -0.2) is 8.78 Å². The lowest BCUT2D eigenvalue weighted by atomic mass is 9.74. The van der Waals surface area contributed by atoms with E-state index >= 15 is 0 Å². The van der Waals surface area contributed by atoms with Crippen LogP contribution in [0.1, 0.15) is 40.0 Å². The molecule has 0 aromatic rings. The van der Waals surface area contributed by atoms with Gasteiger partial charge in [0.15, 0.2) is 0 Å². The van der Waals surface area contributed by atoms with Gasteiger partial charge >= 0.3 is 0 Å². The summed E-state index contributed by atoms with van der Waals surface area (Å²) in [5.74, 6) is 0.155. The molecule has 0 nitrogen and oxygen atoms in total. The molecular weight excluding hydrogens is 158 g/mol. The summed E-state index contributed by atoms with van der Waals surface area (Å²) in [7, 11) is 0. The van der Waals surface area contributed by atoms with E-state index < -0.39 is 11.8 Å². The summed E-state index contributed by atoms with van der Waals surface area (Å²) in [6.45, 7) is 5.53. The van der Waals surface area contributed by atoms with E-state index in [4.69, 9.17) is 0 Å². The quantitative estimate of drug-likeness (QED) is 0.573. The minimum absolute atomic E-state index is 0.194. The molecule has 72 valence electrons. The molecule has 0 aliphatic heterocycles. The molecule has 0 bridgehead atoms. The fourth-order valence-electron chi connectivity index (χ4n) is 1.94. The average Bonchev–Trinajstić information content (AvgIpc) is 1.97. The van der Waals surface area contributed by atoms with Gasteiger partial charge in [-0.3, -0.25) is 0 Å². The minimum atomic E-state index is -1.55. The van der Waals surface area contributed by atoms with Crippen molar-refractivity contribution in [3.63, 3.8) is 0 Å². The zero-order chi connectivity index (χ0) is 9.35. The Balaban J connectivity index is 2.66. The number of alkyl halides is 2. The third kappa shape index (κ3) is 1.62. The van der Waals surface area contributed by atoms with Crippen LogP contribution >= 0.6 is 0 Å². The van der Waals surface area contributed by atoms with Crippen molar-refractivity contribution in [1.82, 2.24) is 0 Å². The minimum Gasteiger partial charge on any atom is -0.244 e. The summed E-state index contributed by atoms with van der Waals surface area (Å²) >= 11 is 0. The molecule has 1 fully saturated rings. The van der Waals surface area contributed by atoms with Crippen molar-refractivity contribution in [1.29, 1.82) is 0 Å². The predicted molar refractivity (Wildman–Crippen MR) is 46.6 cm³/mol. The second-order valence-corrected chi connectivity index (χ2v) is 4.43. The smallest absolute Gasteiger partial charge is 0.144 e. The molecule has 0 saturated heterocycles. The van der Waals surface area contributed by atoms with Crippen LogP contribution in [0.4, 0.5) is 8.78 Å². The van der Waals surface area contributed by atoms with Gasteiger partial charge in [-0.2, -0.15) is 0 Å². The second kappa shape index (κ2) is 3.31. The number of hydrogen-bond acceptors (Lipinski definition) is 0. The molecule has 0 spiro atoms. The van der Waals surface area contributed by atoms with E-state index in [2.05, 4.69) is 0 Å². The van der Waals surface area contributed by atoms with Gasteiger partial charge in [-0.15, -0.1) is 0 Å². The Kier molecular flexibility index (Phi) is 2.74. The van der Waals surface area contributed by atoms with Gasteiger partial charge in [-0.1, -0.05) is 20.8 Å². The van der Waals surface area contributed by atoms with E-state index in [-0.39, 0.29) is 5.92 Å². The van der Waals surface area contributed by atoms with Crippen molar-refractivity contribution in [3.05, 3.63) is 0 Å². The third-order valence-corrected chi connectivity index (χ3v) is 3.11. The molecule has 0 heterocycles. The Morgan fingerprint density at radius 1 is 1.42 bits per heavy atom. The van der Waals surface area contributed by atoms with Crippen molar-refractivity contribution in [3.8, 4) is 0 Å². The van der Waals surface area contributed by atoms with Crippen LogP contribution in [-0.4, -0.2) is 11.8 Å².